The Bertz CT molecular complexity index is 1760. The van der Waals surface area contributed by atoms with Gasteiger partial charge in [-0.2, -0.15) is 0 Å². The van der Waals surface area contributed by atoms with Crippen molar-refractivity contribution in [3.05, 3.63) is 85.1 Å². The normalized spacial score (nSPS) is 14.0. The molecule has 9 nitrogen and oxygen atoms in total. The average molecular weight is 1240 g/mol. The van der Waals surface area contributed by atoms with E-state index in [1.807, 2.05) is 33.3 Å². The molecule has 0 rings (SSSR count). The number of likely N-dealkylation sites (N-methyl/N-ethyl adjacent to an activating group) is 1. The summed E-state index contributed by atoms with van der Waals surface area (Å²) in [6, 6.07) is -0.854. The number of quaternary nitrogens is 1. The molecule has 2 N–H and O–H groups in total. The summed E-state index contributed by atoms with van der Waals surface area (Å²) in [7, 11) is 1.50. The summed E-state index contributed by atoms with van der Waals surface area (Å²) in [5, 5.41) is 3.07. The summed E-state index contributed by atoms with van der Waals surface area (Å²) in [5.74, 6) is -0.503. The number of phosphoric acid groups is 1. The molecule has 0 aromatic rings. The lowest BCUT2D eigenvalue weighted by Gasteiger charge is -2.27. The Morgan fingerprint density at radius 2 is 0.736 bits per heavy atom. The molecule has 0 heterocycles. The molecule has 0 radical (unpaired) electrons. The molecule has 10 heteroatoms. The fraction of sp³-hybridized carbons (Fsp3) is 0.792. The van der Waals surface area contributed by atoms with Gasteiger partial charge in [-0.15, -0.1) is 0 Å². The highest BCUT2D eigenvalue weighted by Gasteiger charge is 2.30. The molecular formula is C77H142N2O7P+. The van der Waals surface area contributed by atoms with Gasteiger partial charge in [0.05, 0.1) is 33.8 Å². The topological polar surface area (TPSA) is 111 Å². The smallest absolute Gasteiger partial charge is 0.456 e. The number of ether oxygens (including phenoxy) is 1. The zero-order chi connectivity index (χ0) is 63.5. The standard InChI is InChI=1S/C77H141N2O7P/c1-7-10-13-16-19-22-25-27-29-31-33-35-37-39-41-43-45-47-49-51-54-57-60-63-66-69-76(80)78-74(73-85-87(82,83)84-72-71-79(4,5)6)75(68-65-62-59-56-53-24-21-18-15-12-9-3)86-77(81)70-67-64-61-58-55-52-50-48-46-44-42-40-38-36-34-32-30-28-26-23-20-17-14-11-8-2/h11,14,20,23,27-30,34,36,40,42,65,68,74-75H,7-10,12-13,15-19,21-22,24-26,31-33,35,37-39,41,43-64,66-67,69-73H2,1-6H3,(H-,78,80,82,83)/p+1/b14-11-,23-20-,29-27+,30-28-,36-34-,42-40-,68-65+. The lowest BCUT2D eigenvalue weighted by Crippen LogP contribution is -2.47. The van der Waals surface area contributed by atoms with E-state index in [9.17, 15) is 19.0 Å². The van der Waals surface area contributed by atoms with Gasteiger partial charge in [-0.05, 0) is 102 Å². The van der Waals surface area contributed by atoms with Crippen molar-refractivity contribution in [3.8, 4) is 0 Å². The van der Waals surface area contributed by atoms with E-state index in [0.29, 0.717) is 17.4 Å². The van der Waals surface area contributed by atoms with Gasteiger partial charge < -0.3 is 19.4 Å². The maximum absolute atomic E-state index is 13.6. The van der Waals surface area contributed by atoms with Crippen molar-refractivity contribution in [2.75, 3.05) is 40.9 Å². The minimum Gasteiger partial charge on any atom is -0.456 e. The SMILES string of the molecule is CC/C=C\C/C=C\C/C=C\C/C=C\C/C=C\CCCCCCCCCCCC(=O)OC(/C=C/CCCCCCCCCCC)C(COP(=O)(O)OCC[N+](C)(C)C)NC(=O)CCCCCCCCCCCCCCCCC/C=C/CCCCCCCC. The van der Waals surface area contributed by atoms with E-state index in [-0.39, 0.29) is 31.5 Å². The molecule has 0 spiro atoms. The van der Waals surface area contributed by atoms with Crippen LogP contribution in [0.1, 0.15) is 342 Å². The van der Waals surface area contributed by atoms with E-state index in [4.69, 9.17) is 13.8 Å². The van der Waals surface area contributed by atoms with Gasteiger partial charge in [-0.25, -0.2) is 4.57 Å². The fourth-order valence-corrected chi connectivity index (χ4v) is 11.4. The average Bonchev–Trinajstić information content (AvgIpc) is 3.70. The Morgan fingerprint density at radius 3 is 1.11 bits per heavy atom. The summed E-state index contributed by atoms with van der Waals surface area (Å²) >= 11 is 0. The number of rotatable bonds is 67. The number of hydrogen-bond acceptors (Lipinski definition) is 6. The summed E-state index contributed by atoms with van der Waals surface area (Å²) in [5.41, 5.74) is 0. The number of esters is 1. The zero-order valence-electron chi connectivity index (χ0n) is 58.0. The molecule has 1 amide bonds. The molecule has 0 bridgehead atoms. The van der Waals surface area contributed by atoms with Crippen molar-refractivity contribution in [2.45, 2.75) is 354 Å². The van der Waals surface area contributed by atoms with Crippen molar-refractivity contribution >= 4 is 19.7 Å². The van der Waals surface area contributed by atoms with Crippen LogP contribution in [0, 0.1) is 0 Å². The molecule has 3 atom stereocenters. The predicted octanol–water partition coefficient (Wildman–Crippen LogP) is 23.7. The molecule has 506 valence electrons. The van der Waals surface area contributed by atoms with E-state index in [0.717, 1.165) is 103 Å². The number of nitrogens with zero attached hydrogens (tertiary/aromatic N) is 1. The number of carbonyl (C=O) groups is 2. The van der Waals surface area contributed by atoms with E-state index in [1.54, 1.807) is 0 Å². The van der Waals surface area contributed by atoms with Crippen molar-refractivity contribution in [3.63, 3.8) is 0 Å². The zero-order valence-corrected chi connectivity index (χ0v) is 58.9. The third kappa shape index (κ3) is 67.4. The van der Waals surface area contributed by atoms with Crippen LogP contribution in [0.3, 0.4) is 0 Å². The van der Waals surface area contributed by atoms with Crippen LogP contribution in [-0.4, -0.2) is 74.3 Å². The summed E-state index contributed by atoms with van der Waals surface area (Å²) in [6.07, 6.45) is 88.9. The quantitative estimate of drug-likeness (QED) is 0.0205. The first kappa shape index (κ1) is 84.2. The van der Waals surface area contributed by atoms with Gasteiger partial charge in [0.1, 0.15) is 19.3 Å². The van der Waals surface area contributed by atoms with Crippen molar-refractivity contribution in [1.29, 1.82) is 0 Å². The minimum absolute atomic E-state index is 0.0376. The third-order valence-electron chi connectivity index (χ3n) is 16.3. The second-order valence-corrected chi connectivity index (χ2v) is 27.5. The second kappa shape index (κ2) is 66.1. The number of carbonyl (C=O) groups excluding carboxylic acids is 2. The van der Waals surface area contributed by atoms with Crippen LogP contribution < -0.4 is 5.32 Å². The van der Waals surface area contributed by atoms with Crippen LogP contribution >= 0.6 is 7.82 Å². The van der Waals surface area contributed by atoms with E-state index >= 15 is 0 Å². The number of hydrogen-bond donors (Lipinski definition) is 2. The first-order valence-electron chi connectivity index (χ1n) is 36.9. The first-order valence-corrected chi connectivity index (χ1v) is 38.4. The number of nitrogens with one attached hydrogen (secondary N) is 1. The molecule has 0 aromatic carbocycles. The molecule has 0 aliphatic heterocycles. The van der Waals surface area contributed by atoms with Crippen LogP contribution in [0.4, 0.5) is 0 Å². The first-order chi connectivity index (χ1) is 42.4. The van der Waals surface area contributed by atoms with E-state index in [2.05, 4.69) is 99.0 Å². The predicted molar refractivity (Wildman–Crippen MR) is 378 cm³/mol. The summed E-state index contributed by atoms with van der Waals surface area (Å²) in [4.78, 5) is 37.9. The Balaban J connectivity index is 4.98. The number of amides is 1. The van der Waals surface area contributed by atoms with Gasteiger partial charge in [0.2, 0.25) is 5.91 Å². The van der Waals surface area contributed by atoms with Crippen molar-refractivity contribution in [1.82, 2.24) is 5.32 Å². The third-order valence-corrected chi connectivity index (χ3v) is 17.3. The Hall–Kier alpha value is -2.81. The molecular weight excluding hydrogens is 1100 g/mol. The molecule has 0 saturated heterocycles. The van der Waals surface area contributed by atoms with Crippen LogP contribution in [0.5, 0.6) is 0 Å². The largest absolute Gasteiger partial charge is 0.472 e. The maximum Gasteiger partial charge on any atom is 0.472 e. The lowest BCUT2D eigenvalue weighted by atomic mass is 10.0. The lowest BCUT2D eigenvalue weighted by molar-refractivity contribution is -0.870. The van der Waals surface area contributed by atoms with Gasteiger partial charge in [-0.1, -0.05) is 312 Å². The Labute approximate surface area is 539 Å². The van der Waals surface area contributed by atoms with Crippen LogP contribution in [-0.2, 0) is 27.9 Å². The molecule has 0 aromatic heterocycles. The van der Waals surface area contributed by atoms with Crippen LogP contribution in [0.2, 0.25) is 0 Å². The fourth-order valence-electron chi connectivity index (χ4n) is 10.7. The van der Waals surface area contributed by atoms with Crippen molar-refractivity contribution < 1.29 is 37.3 Å². The van der Waals surface area contributed by atoms with E-state index in [1.165, 1.54) is 205 Å². The molecule has 0 saturated carbocycles. The van der Waals surface area contributed by atoms with Crippen LogP contribution in [0.15, 0.2) is 85.1 Å². The highest BCUT2D eigenvalue weighted by molar-refractivity contribution is 7.47. The van der Waals surface area contributed by atoms with Gasteiger partial charge in [0.25, 0.3) is 0 Å². The highest BCUT2D eigenvalue weighted by Crippen LogP contribution is 2.43. The number of phosphoric ester groups is 1. The van der Waals surface area contributed by atoms with E-state index < -0.39 is 20.0 Å². The minimum atomic E-state index is -4.46. The monoisotopic (exact) mass is 1240 g/mol. The molecule has 0 fully saturated rings. The summed E-state index contributed by atoms with van der Waals surface area (Å²) in [6.45, 7) is 6.92. The number of allylic oxidation sites excluding steroid dienone is 13. The molecule has 0 aliphatic carbocycles. The van der Waals surface area contributed by atoms with Gasteiger partial charge >= 0.3 is 13.8 Å². The molecule has 87 heavy (non-hydrogen) atoms. The number of unbranched alkanes of at least 4 members (excludes halogenated alkanes) is 39. The Morgan fingerprint density at radius 1 is 0.414 bits per heavy atom. The second-order valence-electron chi connectivity index (χ2n) is 26.1. The van der Waals surface area contributed by atoms with Crippen molar-refractivity contribution in [2.24, 2.45) is 0 Å². The van der Waals surface area contributed by atoms with Crippen LogP contribution in [0.25, 0.3) is 0 Å². The van der Waals surface area contributed by atoms with Gasteiger partial charge in [-0.3, -0.25) is 18.6 Å². The summed E-state index contributed by atoms with van der Waals surface area (Å²) < 4.78 is 30.8. The molecule has 3 unspecified atom stereocenters. The van der Waals surface area contributed by atoms with Gasteiger partial charge in [0, 0.05) is 12.8 Å². The highest BCUT2D eigenvalue weighted by atomic mass is 31.2. The maximum atomic E-state index is 13.6. The van der Waals surface area contributed by atoms with Gasteiger partial charge in [0.15, 0.2) is 0 Å². The molecule has 0 aliphatic rings. The Kier molecular flexibility index (Phi) is 64.0.